The molecule has 1 aliphatic heterocycles. The van der Waals surface area contributed by atoms with Crippen molar-refractivity contribution < 1.29 is 18.7 Å². The van der Waals surface area contributed by atoms with Crippen molar-refractivity contribution in [1.29, 1.82) is 0 Å². The van der Waals surface area contributed by atoms with Gasteiger partial charge in [0.15, 0.2) is 5.82 Å². The van der Waals surface area contributed by atoms with Crippen molar-refractivity contribution in [1.82, 2.24) is 14.3 Å². The van der Waals surface area contributed by atoms with Crippen molar-refractivity contribution in [2.24, 2.45) is 11.7 Å². The summed E-state index contributed by atoms with van der Waals surface area (Å²) in [6, 6.07) is 13.0. The molecule has 0 radical (unpaired) electrons. The minimum Gasteiger partial charge on any atom is -0.430 e. The van der Waals surface area contributed by atoms with Crippen LogP contribution < -0.4 is 10.5 Å². The van der Waals surface area contributed by atoms with Gasteiger partial charge < -0.3 is 15.4 Å². The second kappa shape index (κ2) is 9.22. The second-order valence-electron chi connectivity index (χ2n) is 7.38. The first-order chi connectivity index (χ1) is 15.0. The summed E-state index contributed by atoms with van der Waals surface area (Å²) >= 11 is 1.13. The summed E-state index contributed by atoms with van der Waals surface area (Å²) in [6.07, 6.45) is 1.68. The summed E-state index contributed by atoms with van der Waals surface area (Å²) in [6.45, 7) is 1.04. The Hall–Kier alpha value is -3.33. The summed E-state index contributed by atoms with van der Waals surface area (Å²) in [5.41, 5.74) is 6.81. The number of nitrogens with zero attached hydrogens (tertiary/aromatic N) is 3. The van der Waals surface area contributed by atoms with Gasteiger partial charge in [0.25, 0.3) is 11.1 Å². The lowest BCUT2D eigenvalue weighted by atomic mass is 9.96. The molecule has 31 heavy (non-hydrogen) atoms. The molecule has 0 spiro atoms. The Labute approximate surface area is 182 Å². The van der Waals surface area contributed by atoms with Crippen LogP contribution in [0.3, 0.4) is 0 Å². The second-order valence-corrected chi connectivity index (χ2v) is 8.09. The first-order valence-electron chi connectivity index (χ1n) is 9.91. The number of likely N-dealkylation sites (tertiary alicyclic amines) is 1. The smallest absolute Gasteiger partial charge is 0.298 e. The monoisotopic (exact) mass is 440 g/mol. The molecule has 1 fully saturated rings. The maximum Gasteiger partial charge on any atom is 0.298 e. The van der Waals surface area contributed by atoms with Crippen molar-refractivity contribution in [2.75, 3.05) is 13.1 Å². The van der Waals surface area contributed by atoms with E-state index in [1.165, 1.54) is 12.1 Å². The average molecular weight is 441 g/mol. The lowest BCUT2D eigenvalue weighted by Crippen LogP contribution is -2.41. The molecule has 0 aliphatic carbocycles. The van der Waals surface area contributed by atoms with Gasteiger partial charge in [0.05, 0.1) is 0 Å². The molecule has 160 valence electrons. The average Bonchev–Trinajstić information content (AvgIpc) is 3.22. The zero-order valence-corrected chi connectivity index (χ0v) is 17.5. The summed E-state index contributed by atoms with van der Waals surface area (Å²) in [4.78, 5) is 30.0. The maximum atomic E-state index is 13.0. The molecular weight excluding hydrogens is 419 g/mol. The molecule has 1 aliphatic rings. The summed E-state index contributed by atoms with van der Waals surface area (Å²) in [5.74, 6) is 0.333. The number of piperidine rings is 1. The zero-order valence-electron chi connectivity index (χ0n) is 16.7. The van der Waals surface area contributed by atoms with E-state index in [9.17, 15) is 14.0 Å². The number of nitrogens with two attached hydrogens (primary N) is 1. The fraction of sp³-hybridized carbons (Fsp3) is 0.273. The number of hydrogen-bond acceptors (Lipinski definition) is 6. The Kier molecular flexibility index (Phi) is 6.22. The predicted octanol–water partition coefficient (Wildman–Crippen LogP) is 3.40. The van der Waals surface area contributed by atoms with E-state index in [1.807, 2.05) is 0 Å². The fourth-order valence-corrected chi connectivity index (χ4v) is 4.02. The fourth-order valence-electron chi connectivity index (χ4n) is 3.45. The van der Waals surface area contributed by atoms with Crippen LogP contribution >= 0.6 is 11.5 Å². The van der Waals surface area contributed by atoms with Crippen molar-refractivity contribution >= 4 is 23.3 Å². The molecule has 7 nitrogen and oxygen atoms in total. The van der Waals surface area contributed by atoms with Crippen molar-refractivity contribution in [3.63, 3.8) is 0 Å². The van der Waals surface area contributed by atoms with Gasteiger partial charge in [-0.25, -0.2) is 4.39 Å². The highest BCUT2D eigenvalue weighted by atomic mass is 32.1. The van der Waals surface area contributed by atoms with Gasteiger partial charge >= 0.3 is 0 Å². The largest absolute Gasteiger partial charge is 0.430 e. The molecule has 2 N–H and O–H groups in total. The molecule has 2 amide bonds. The van der Waals surface area contributed by atoms with E-state index < -0.39 is 0 Å². The van der Waals surface area contributed by atoms with Crippen molar-refractivity contribution in [2.45, 2.75) is 19.3 Å². The Balaban J connectivity index is 1.33. The van der Waals surface area contributed by atoms with E-state index in [2.05, 4.69) is 9.36 Å². The van der Waals surface area contributed by atoms with Gasteiger partial charge in [-0.1, -0.05) is 12.1 Å². The van der Waals surface area contributed by atoms with Crippen molar-refractivity contribution in [3.05, 3.63) is 71.3 Å². The minimum absolute atomic E-state index is 0.0769. The van der Waals surface area contributed by atoms with Gasteiger partial charge in [0, 0.05) is 42.5 Å². The van der Waals surface area contributed by atoms with Crippen LogP contribution in [0.4, 0.5) is 4.39 Å². The number of benzene rings is 2. The highest BCUT2D eigenvalue weighted by Crippen LogP contribution is 2.25. The number of rotatable bonds is 6. The quantitative estimate of drug-likeness (QED) is 0.634. The normalized spacial score (nSPS) is 14.4. The van der Waals surface area contributed by atoms with E-state index in [0.717, 1.165) is 17.1 Å². The SMILES string of the molecule is NC(=O)C1CCN(C(=O)c2ccc(Oc3nc(Cc4ccc(F)cc4)ns3)cc2)CC1. The number of carbonyl (C=O) groups is 2. The number of carbonyl (C=O) groups excluding carboxylic acids is 2. The Morgan fingerprint density at radius 3 is 2.42 bits per heavy atom. The molecule has 0 bridgehead atoms. The van der Waals surface area contributed by atoms with Crippen LogP contribution in [0.2, 0.25) is 0 Å². The lowest BCUT2D eigenvalue weighted by Gasteiger charge is -2.30. The van der Waals surface area contributed by atoms with Gasteiger partial charge in [-0.05, 0) is 54.8 Å². The first kappa shape index (κ1) is 20.9. The Morgan fingerprint density at radius 1 is 1.10 bits per heavy atom. The van der Waals surface area contributed by atoms with Crippen LogP contribution in [0.5, 0.6) is 10.9 Å². The molecule has 4 rings (SSSR count). The predicted molar refractivity (Wildman–Crippen MR) is 113 cm³/mol. The Bertz CT molecular complexity index is 1060. The molecule has 1 saturated heterocycles. The summed E-state index contributed by atoms with van der Waals surface area (Å²) in [5, 5.41) is 0.393. The molecule has 9 heteroatoms. The number of halogens is 1. The van der Waals surface area contributed by atoms with E-state index >= 15 is 0 Å². The third-order valence-corrected chi connectivity index (χ3v) is 5.85. The molecule has 0 saturated carbocycles. The molecule has 2 heterocycles. The van der Waals surface area contributed by atoms with Gasteiger partial charge in [-0.15, -0.1) is 0 Å². The van der Waals surface area contributed by atoms with Gasteiger partial charge in [0.2, 0.25) is 5.91 Å². The molecule has 3 aromatic rings. The number of ether oxygens (including phenoxy) is 1. The number of primary amides is 1. The van der Waals surface area contributed by atoms with Crippen molar-refractivity contribution in [3.8, 4) is 10.9 Å². The molecule has 1 aromatic heterocycles. The minimum atomic E-state index is -0.300. The van der Waals surface area contributed by atoms with E-state index in [1.54, 1.807) is 41.3 Å². The van der Waals surface area contributed by atoms with Gasteiger partial charge in [-0.2, -0.15) is 9.36 Å². The van der Waals surface area contributed by atoms with Crippen LogP contribution in [0.1, 0.15) is 34.6 Å². The maximum absolute atomic E-state index is 13.0. The van der Waals surface area contributed by atoms with Crippen LogP contribution in [-0.4, -0.2) is 39.2 Å². The zero-order chi connectivity index (χ0) is 21.8. The van der Waals surface area contributed by atoms with E-state index in [0.29, 0.717) is 54.7 Å². The summed E-state index contributed by atoms with van der Waals surface area (Å²) < 4.78 is 23.0. The third-order valence-electron chi connectivity index (χ3n) is 5.22. The van der Waals surface area contributed by atoms with Crippen LogP contribution in [0.25, 0.3) is 0 Å². The number of amides is 2. The van der Waals surface area contributed by atoms with Gasteiger partial charge in [0.1, 0.15) is 11.6 Å². The highest BCUT2D eigenvalue weighted by Gasteiger charge is 2.26. The standard InChI is InChI=1S/C22H21FN4O3S/c23-17-5-1-14(2-6-17)13-19-25-22(31-26-19)30-18-7-3-16(4-8-18)21(29)27-11-9-15(10-12-27)20(24)28/h1-8,15H,9-13H2,(H2,24,28). The lowest BCUT2D eigenvalue weighted by molar-refractivity contribution is -0.123. The number of hydrogen-bond donors (Lipinski definition) is 1. The number of aromatic nitrogens is 2. The highest BCUT2D eigenvalue weighted by molar-refractivity contribution is 7.07. The Morgan fingerprint density at radius 2 is 1.77 bits per heavy atom. The van der Waals surface area contributed by atoms with E-state index in [4.69, 9.17) is 10.5 Å². The molecule has 0 atom stereocenters. The third kappa shape index (κ3) is 5.24. The van der Waals surface area contributed by atoms with Gasteiger partial charge in [-0.3, -0.25) is 9.59 Å². The van der Waals surface area contributed by atoms with Crippen LogP contribution in [0.15, 0.2) is 48.5 Å². The molecular formula is C22H21FN4O3S. The molecule has 0 unspecified atom stereocenters. The van der Waals surface area contributed by atoms with E-state index in [-0.39, 0.29) is 23.5 Å². The summed E-state index contributed by atoms with van der Waals surface area (Å²) in [7, 11) is 0. The van der Waals surface area contributed by atoms with Crippen LogP contribution in [-0.2, 0) is 11.2 Å². The van der Waals surface area contributed by atoms with Crippen LogP contribution in [0, 0.1) is 11.7 Å². The molecule has 2 aromatic carbocycles. The topological polar surface area (TPSA) is 98.4 Å². The first-order valence-corrected chi connectivity index (χ1v) is 10.7.